The van der Waals surface area contributed by atoms with Crippen molar-refractivity contribution in [2.75, 3.05) is 0 Å². The van der Waals surface area contributed by atoms with E-state index in [2.05, 4.69) is 0 Å². The van der Waals surface area contributed by atoms with Crippen molar-refractivity contribution < 1.29 is 10.0 Å². The number of benzene rings is 1. The summed E-state index contributed by atoms with van der Waals surface area (Å²) in [6.45, 7) is 3.63. The fourth-order valence-corrected chi connectivity index (χ4v) is 1.47. The summed E-state index contributed by atoms with van der Waals surface area (Å²) in [5.74, 6) is 0. The molecule has 0 aliphatic carbocycles. The number of nitro groups is 1. The molecule has 2 atom stereocenters. The van der Waals surface area contributed by atoms with Crippen LogP contribution in [0.25, 0.3) is 0 Å². The Morgan fingerprint density at radius 3 is 2.33 bits per heavy atom. The summed E-state index contributed by atoms with van der Waals surface area (Å²) in [6.07, 6.45) is -0.701. The standard InChI is InChI=1S/C11H15NO3/c1-3-10(12(14)15)11(13)9-6-4-8(2)5-7-9/h4-7,10-11,13H,3H2,1-2H3/t10-,11-/m0/s1. The fourth-order valence-electron chi connectivity index (χ4n) is 1.47. The molecule has 1 N–H and O–H groups in total. The Hall–Kier alpha value is -1.42. The molecule has 0 fully saturated rings. The summed E-state index contributed by atoms with van der Waals surface area (Å²) in [6, 6.07) is 6.21. The molecule has 0 aromatic heterocycles. The van der Waals surface area contributed by atoms with Gasteiger partial charge < -0.3 is 5.11 Å². The van der Waals surface area contributed by atoms with Gasteiger partial charge in [0.25, 0.3) is 0 Å². The van der Waals surface area contributed by atoms with E-state index in [1.807, 2.05) is 19.1 Å². The van der Waals surface area contributed by atoms with Crippen LogP contribution in [0.2, 0.25) is 0 Å². The summed E-state index contributed by atoms with van der Waals surface area (Å²) >= 11 is 0. The van der Waals surface area contributed by atoms with E-state index < -0.39 is 17.1 Å². The number of hydrogen-bond acceptors (Lipinski definition) is 3. The first-order chi connectivity index (χ1) is 7.06. The largest absolute Gasteiger partial charge is 0.381 e. The molecule has 4 heteroatoms. The fraction of sp³-hybridized carbons (Fsp3) is 0.455. The lowest BCUT2D eigenvalue weighted by Crippen LogP contribution is -2.26. The van der Waals surface area contributed by atoms with Crippen LogP contribution in [0.1, 0.15) is 30.6 Å². The van der Waals surface area contributed by atoms with E-state index in [0.717, 1.165) is 5.56 Å². The van der Waals surface area contributed by atoms with Crippen LogP contribution in [0.5, 0.6) is 0 Å². The number of aryl methyl sites for hydroxylation is 1. The third-order valence-corrected chi connectivity index (χ3v) is 2.47. The molecule has 0 amide bonds. The van der Waals surface area contributed by atoms with E-state index in [0.29, 0.717) is 12.0 Å². The summed E-state index contributed by atoms with van der Waals surface area (Å²) in [5, 5.41) is 20.5. The minimum atomic E-state index is -1.02. The van der Waals surface area contributed by atoms with Gasteiger partial charge in [-0.3, -0.25) is 10.1 Å². The van der Waals surface area contributed by atoms with Crippen LogP contribution in [0.15, 0.2) is 24.3 Å². The van der Waals surface area contributed by atoms with Crippen LogP contribution in [0, 0.1) is 17.0 Å². The molecule has 0 bridgehead atoms. The molecule has 1 aromatic carbocycles. The normalized spacial score (nSPS) is 14.6. The second-order valence-electron chi connectivity index (χ2n) is 3.62. The van der Waals surface area contributed by atoms with Gasteiger partial charge in [0.15, 0.2) is 0 Å². The Kier molecular flexibility index (Phi) is 3.80. The van der Waals surface area contributed by atoms with Crippen LogP contribution < -0.4 is 0 Å². The topological polar surface area (TPSA) is 63.4 Å². The smallest absolute Gasteiger partial charge is 0.242 e. The molecule has 4 nitrogen and oxygen atoms in total. The second kappa shape index (κ2) is 4.89. The van der Waals surface area contributed by atoms with Crippen LogP contribution in [-0.2, 0) is 0 Å². The molecule has 0 aliphatic heterocycles. The van der Waals surface area contributed by atoms with E-state index in [4.69, 9.17) is 0 Å². The number of hydrogen-bond donors (Lipinski definition) is 1. The lowest BCUT2D eigenvalue weighted by atomic mass is 10.00. The maximum absolute atomic E-state index is 10.7. The molecule has 0 aliphatic rings. The van der Waals surface area contributed by atoms with Crippen molar-refractivity contribution in [3.63, 3.8) is 0 Å². The molecular formula is C11H15NO3. The summed E-state index contributed by atoms with van der Waals surface area (Å²) < 4.78 is 0. The number of aliphatic hydroxyl groups is 1. The van der Waals surface area contributed by atoms with Gasteiger partial charge in [0, 0.05) is 11.3 Å². The highest BCUT2D eigenvalue weighted by Gasteiger charge is 2.28. The van der Waals surface area contributed by atoms with Gasteiger partial charge in [-0.15, -0.1) is 0 Å². The molecule has 1 aromatic rings. The Labute approximate surface area is 88.7 Å². The van der Waals surface area contributed by atoms with Crippen molar-refractivity contribution in [3.05, 3.63) is 45.5 Å². The molecule has 0 saturated heterocycles. The van der Waals surface area contributed by atoms with Crippen molar-refractivity contribution in [2.45, 2.75) is 32.4 Å². The average molecular weight is 209 g/mol. The molecule has 0 heterocycles. The zero-order valence-corrected chi connectivity index (χ0v) is 8.88. The summed E-state index contributed by atoms with van der Waals surface area (Å²) in [7, 11) is 0. The van der Waals surface area contributed by atoms with Gasteiger partial charge in [-0.2, -0.15) is 0 Å². The predicted octanol–water partition coefficient (Wildman–Crippen LogP) is 2.08. The molecule has 0 unspecified atom stereocenters. The van der Waals surface area contributed by atoms with Gasteiger partial charge in [-0.1, -0.05) is 36.8 Å². The Morgan fingerprint density at radius 2 is 1.93 bits per heavy atom. The van der Waals surface area contributed by atoms with E-state index in [1.165, 1.54) is 0 Å². The molecule has 82 valence electrons. The number of aliphatic hydroxyl groups excluding tert-OH is 1. The first-order valence-electron chi connectivity index (χ1n) is 4.94. The highest BCUT2D eigenvalue weighted by molar-refractivity contribution is 5.23. The average Bonchev–Trinajstić information content (AvgIpc) is 2.19. The molecule has 1 rings (SSSR count). The lowest BCUT2D eigenvalue weighted by molar-refractivity contribution is -0.536. The van der Waals surface area contributed by atoms with Crippen LogP contribution in [0.3, 0.4) is 0 Å². The van der Waals surface area contributed by atoms with Crippen molar-refractivity contribution in [2.24, 2.45) is 0 Å². The highest BCUT2D eigenvalue weighted by Crippen LogP contribution is 2.21. The number of rotatable bonds is 4. The predicted molar refractivity (Wildman–Crippen MR) is 57.2 cm³/mol. The van der Waals surface area contributed by atoms with Crippen molar-refractivity contribution in [3.8, 4) is 0 Å². The van der Waals surface area contributed by atoms with Crippen LogP contribution >= 0.6 is 0 Å². The summed E-state index contributed by atoms with van der Waals surface area (Å²) in [5.41, 5.74) is 1.67. The minimum absolute atomic E-state index is 0.321. The van der Waals surface area contributed by atoms with Gasteiger partial charge in [0.05, 0.1) is 0 Å². The molecular weight excluding hydrogens is 194 g/mol. The zero-order chi connectivity index (χ0) is 11.4. The molecule has 15 heavy (non-hydrogen) atoms. The van der Waals surface area contributed by atoms with Gasteiger partial charge in [0.1, 0.15) is 6.10 Å². The first-order valence-corrected chi connectivity index (χ1v) is 4.94. The maximum atomic E-state index is 10.7. The zero-order valence-electron chi connectivity index (χ0n) is 8.88. The SMILES string of the molecule is CC[C@@H]([C@@H](O)c1ccc(C)cc1)[N+](=O)[O-]. The van der Waals surface area contributed by atoms with Gasteiger partial charge in [-0.25, -0.2) is 0 Å². The lowest BCUT2D eigenvalue weighted by Gasteiger charge is -2.14. The highest BCUT2D eigenvalue weighted by atomic mass is 16.6. The Bertz CT molecular complexity index is 334. The van der Waals surface area contributed by atoms with Gasteiger partial charge >= 0.3 is 0 Å². The van der Waals surface area contributed by atoms with E-state index in [1.54, 1.807) is 19.1 Å². The quantitative estimate of drug-likeness (QED) is 0.610. The van der Waals surface area contributed by atoms with Crippen molar-refractivity contribution in [1.82, 2.24) is 0 Å². The van der Waals surface area contributed by atoms with Gasteiger partial charge in [-0.05, 0) is 12.5 Å². The minimum Gasteiger partial charge on any atom is -0.381 e. The Balaban J connectivity index is 2.87. The number of nitrogens with zero attached hydrogens (tertiary/aromatic N) is 1. The summed E-state index contributed by atoms with van der Waals surface area (Å²) in [4.78, 5) is 10.2. The molecule has 0 spiro atoms. The monoisotopic (exact) mass is 209 g/mol. The van der Waals surface area contributed by atoms with E-state index >= 15 is 0 Å². The van der Waals surface area contributed by atoms with Crippen molar-refractivity contribution in [1.29, 1.82) is 0 Å². The second-order valence-corrected chi connectivity index (χ2v) is 3.62. The third-order valence-electron chi connectivity index (χ3n) is 2.47. The van der Waals surface area contributed by atoms with E-state index in [-0.39, 0.29) is 0 Å². The molecule has 0 radical (unpaired) electrons. The van der Waals surface area contributed by atoms with Crippen LogP contribution in [-0.4, -0.2) is 16.1 Å². The first kappa shape index (κ1) is 11.7. The van der Waals surface area contributed by atoms with Gasteiger partial charge in [0.2, 0.25) is 6.04 Å². The van der Waals surface area contributed by atoms with Crippen molar-refractivity contribution >= 4 is 0 Å². The third kappa shape index (κ3) is 2.76. The van der Waals surface area contributed by atoms with E-state index in [9.17, 15) is 15.2 Å². The Morgan fingerprint density at radius 1 is 1.40 bits per heavy atom. The molecule has 0 saturated carbocycles. The van der Waals surface area contributed by atoms with Crippen LogP contribution in [0.4, 0.5) is 0 Å². The maximum Gasteiger partial charge on any atom is 0.242 e.